The first-order valence-electron chi connectivity index (χ1n) is 8.02. The van der Waals surface area contributed by atoms with Crippen LogP contribution in [0.25, 0.3) is 0 Å². The van der Waals surface area contributed by atoms with Crippen LogP contribution in [0.5, 0.6) is 0 Å². The lowest BCUT2D eigenvalue weighted by molar-refractivity contribution is -0.130. The Morgan fingerprint density at radius 3 is 2.77 bits per heavy atom. The van der Waals surface area contributed by atoms with Gasteiger partial charge in [-0.3, -0.25) is 4.79 Å². The highest BCUT2D eigenvalue weighted by molar-refractivity contribution is 6.30. The average Bonchev–Trinajstić information content (AvgIpc) is 2.53. The summed E-state index contributed by atoms with van der Waals surface area (Å²) in [6.07, 6.45) is 5.62. The number of rotatable bonds is 6. The van der Waals surface area contributed by atoms with Crippen LogP contribution in [0.4, 0.5) is 0 Å². The number of halogens is 1. The minimum absolute atomic E-state index is 0.340. The van der Waals surface area contributed by atoms with E-state index in [9.17, 15) is 9.90 Å². The predicted octanol–water partition coefficient (Wildman–Crippen LogP) is 2.61. The molecule has 0 aliphatic heterocycles. The Hall–Kier alpha value is -1.10. The first-order chi connectivity index (χ1) is 10.6. The molecule has 0 spiro atoms. The van der Waals surface area contributed by atoms with Crippen LogP contribution in [0.15, 0.2) is 24.3 Å². The van der Waals surface area contributed by atoms with Crippen LogP contribution < -0.4 is 11.1 Å². The van der Waals surface area contributed by atoms with Crippen molar-refractivity contribution in [3.8, 4) is 0 Å². The molecule has 5 heteroatoms. The van der Waals surface area contributed by atoms with E-state index in [4.69, 9.17) is 17.3 Å². The highest BCUT2D eigenvalue weighted by Gasteiger charge is 2.26. The van der Waals surface area contributed by atoms with Gasteiger partial charge in [-0.1, -0.05) is 55.8 Å². The molecule has 1 fully saturated rings. The Labute approximate surface area is 137 Å². The summed E-state index contributed by atoms with van der Waals surface area (Å²) in [7, 11) is 0. The molecular formula is C17H25ClN2O2. The molecule has 1 aromatic rings. The van der Waals surface area contributed by atoms with Crippen LogP contribution in [0.3, 0.4) is 0 Å². The van der Waals surface area contributed by atoms with Crippen molar-refractivity contribution in [1.82, 2.24) is 5.32 Å². The zero-order valence-corrected chi connectivity index (χ0v) is 13.6. The van der Waals surface area contributed by atoms with Crippen molar-refractivity contribution < 1.29 is 9.90 Å². The fraction of sp³-hybridized carbons (Fsp3) is 0.588. The van der Waals surface area contributed by atoms with Crippen LogP contribution in [0.1, 0.15) is 44.1 Å². The minimum Gasteiger partial charge on any atom is -0.382 e. The zero-order chi connectivity index (χ0) is 15.9. The highest BCUT2D eigenvalue weighted by Crippen LogP contribution is 2.27. The summed E-state index contributed by atoms with van der Waals surface area (Å²) < 4.78 is 0. The molecular weight excluding hydrogens is 300 g/mol. The number of amides is 1. The molecule has 2 unspecified atom stereocenters. The molecule has 122 valence electrons. The first-order valence-corrected chi connectivity index (χ1v) is 8.40. The second-order valence-corrected chi connectivity index (χ2v) is 6.63. The van der Waals surface area contributed by atoms with Gasteiger partial charge in [-0.15, -0.1) is 0 Å². The maximum absolute atomic E-state index is 12.0. The van der Waals surface area contributed by atoms with Crippen LogP contribution in [-0.4, -0.2) is 23.2 Å². The zero-order valence-electron chi connectivity index (χ0n) is 12.8. The Bertz CT molecular complexity index is 489. The number of hydrogen-bond donors (Lipinski definition) is 3. The van der Waals surface area contributed by atoms with Gasteiger partial charge in [0.15, 0.2) is 0 Å². The van der Waals surface area contributed by atoms with E-state index in [1.807, 2.05) is 12.1 Å². The van der Waals surface area contributed by atoms with Gasteiger partial charge >= 0.3 is 0 Å². The number of nitrogens with two attached hydrogens (primary N) is 1. The van der Waals surface area contributed by atoms with E-state index in [0.717, 1.165) is 18.4 Å². The molecule has 0 bridgehead atoms. The van der Waals surface area contributed by atoms with Crippen LogP contribution in [0, 0.1) is 5.92 Å². The monoisotopic (exact) mass is 324 g/mol. The van der Waals surface area contributed by atoms with Gasteiger partial charge < -0.3 is 16.2 Å². The molecule has 2 atom stereocenters. The molecule has 22 heavy (non-hydrogen) atoms. The lowest BCUT2D eigenvalue weighted by Crippen LogP contribution is -2.47. The smallest absolute Gasteiger partial charge is 0.250 e. The Balaban J connectivity index is 1.77. The SMILES string of the molecule is NC(CC1CCCCC1)C(O)C(=O)NCc1cccc(Cl)c1. The molecule has 4 N–H and O–H groups in total. The topological polar surface area (TPSA) is 75.3 Å². The van der Waals surface area contributed by atoms with E-state index in [1.165, 1.54) is 19.3 Å². The quantitative estimate of drug-likeness (QED) is 0.753. The summed E-state index contributed by atoms with van der Waals surface area (Å²) in [6.45, 7) is 0.340. The van der Waals surface area contributed by atoms with E-state index >= 15 is 0 Å². The molecule has 1 aromatic carbocycles. The second kappa shape index (κ2) is 8.51. The van der Waals surface area contributed by atoms with Gasteiger partial charge in [0.1, 0.15) is 6.10 Å². The van der Waals surface area contributed by atoms with Crippen LogP contribution >= 0.6 is 11.6 Å². The lowest BCUT2D eigenvalue weighted by Gasteiger charge is -2.26. The average molecular weight is 325 g/mol. The Morgan fingerprint density at radius 1 is 1.36 bits per heavy atom. The van der Waals surface area contributed by atoms with E-state index in [0.29, 0.717) is 23.9 Å². The number of nitrogens with one attached hydrogen (secondary N) is 1. The van der Waals surface area contributed by atoms with Crippen molar-refractivity contribution in [2.45, 2.75) is 57.2 Å². The summed E-state index contributed by atoms with van der Waals surface area (Å²) in [5, 5.41) is 13.4. The molecule has 1 saturated carbocycles. The third-order valence-electron chi connectivity index (χ3n) is 4.36. The van der Waals surface area contributed by atoms with E-state index in [2.05, 4.69) is 5.32 Å². The molecule has 0 heterocycles. The molecule has 0 radical (unpaired) electrons. The van der Waals surface area contributed by atoms with Crippen LogP contribution in [-0.2, 0) is 11.3 Å². The maximum atomic E-state index is 12.0. The summed E-state index contributed by atoms with van der Waals surface area (Å²) >= 11 is 5.90. The summed E-state index contributed by atoms with van der Waals surface area (Å²) in [5.74, 6) is 0.127. The largest absolute Gasteiger partial charge is 0.382 e. The Kier molecular flexibility index (Phi) is 6.68. The number of hydrogen-bond acceptors (Lipinski definition) is 3. The van der Waals surface area contributed by atoms with Gasteiger partial charge in [0.05, 0.1) is 0 Å². The van der Waals surface area contributed by atoms with Crippen LogP contribution in [0.2, 0.25) is 5.02 Å². The fourth-order valence-electron chi connectivity index (χ4n) is 3.07. The normalized spacial score (nSPS) is 18.7. The van der Waals surface area contributed by atoms with Crippen molar-refractivity contribution in [1.29, 1.82) is 0 Å². The third kappa shape index (κ3) is 5.27. The maximum Gasteiger partial charge on any atom is 0.250 e. The van der Waals surface area contributed by atoms with Crippen molar-refractivity contribution >= 4 is 17.5 Å². The molecule has 0 saturated heterocycles. The van der Waals surface area contributed by atoms with Gasteiger partial charge in [0, 0.05) is 17.6 Å². The molecule has 1 aliphatic carbocycles. The molecule has 2 rings (SSSR count). The van der Waals surface area contributed by atoms with E-state index in [-0.39, 0.29) is 0 Å². The molecule has 1 aliphatic rings. The first kappa shape index (κ1) is 17.3. The Morgan fingerprint density at radius 2 is 2.09 bits per heavy atom. The summed E-state index contributed by atoms with van der Waals surface area (Å²) in [4.78, 5) is 12.0. The number of carbonyl (C=O) groups is 1. The molecule has 0 aromatic heterocycles. The number of carbonyl (C=O) groups excluding carboxylic acids is 1. The van der Waals surface area contributed by atoms with E-state index in [1.54, 1.807) is 12.1 Å². The van der Waals surface area contributed by atoms with Crippen molar-refractivity contribution in [3.63, 3.8) is 0 Å². The third-order valence-corrected chi connectivity index (χ3v) is 4.60. The molecule has 4 nitrogen and oxygen atoms in total. The van der Waals surface area contributed by atoms with Gasteiger partial charge in [-0.05, 0) is 30.0 Å². The molecule has 1 amide bonds. The standard InChI is InChI=1S/C17H25ClN2O2/c18-14-8-4-7-13(9-14)11-20-17(22)16(21)15(19)10-12-5-2-1-3-6-12/h4,7-9,12,15-16,21H,1-3,5-6,10-11,19H2,(H,20,22). The van der Waals surface area contributed by atoms with Gasteiger partial charge in [0.25, 0.3) is 5.91 Å². The second-order valence-electron chi connectivity index (χ2n) is 6.20. The minimum atomic E-state index is -1.15. The van der Waals surface area contributed by atoms with Crippen molar-refractivity contribution in [2.75, 3.05) is 0 Å². The van der Waals surface area contributed by atoms with E-state index < -0.39 is 18.1 Å². The number of benzene rings is 1. The predicted molar refractivity (Wildman–Crippen MR) is 88.5 cm³/mol. The lowest BCUT2D eigenvalue weighted by atomic mass is 9.84. The van der Waals surface area contributed by atoms with Gasteiger partial charge in [-0.2, -0.15) is 0 Å². The fourth-order valence-corrected chi connectivity index (χ4v) is 3.28. The summed E-state index contributed by atoms with van der Waals surface area (Å²) in [6, 6.07) is 6.77. The number of aliphatic hydroxyl groups is 1. The van der Waals surface area contributed by atoms with Gasteiger partial charge in [0.2, 0.25) is 0 Å². The summed E-state index contributed by atoms with van der Waals surface area (Å²) in [5.41, 5.74) is 6.91. The number of aliphatic hydroxyl groups excluding tert-OH is 1. The van der Waals surface area contributed by atoms with Gasteiger partial charge in [-0.25, -0.2) is 0 Å². The van der Waals surface area contributed by atoms with Crippen molar-refractivity contribution in [2.24, 2.45) is 11.7 Å². The van der Waals surface area contributed by atoms with Crippen molar-refractivity contribution in [3.05, 3.63) is 34.9 Å². The highest BCUT2D eigenvalue weighted by atomic mass is 35.5.